The van der Waals surface area contributed by atoms with Crippen LogP contribution in [0.3, 0.4) is 0 Å². The number of hydrogen-bond acceptors (Lipinski definition) is 6. The summed E-state index contributed by atoms with van der Waals surface area (Å²) in [6.07, 6.45) is 1.08. The van der Waals surface area contributed by atoms with E-state index in [-0.39, 0.29) is 41.9 Å². The molecule has 29 heavy (non-hydrogen) atoms. The van der Waals surface area contributed by atoms with Crippen LogP contribution < -0.4 is 10.6 Å². The van der Waals surface area contributed by atoms with Crippen LogP contribution >= 0.6 is 24.0 Å². The normalized spacial score (nSPS) is 22.1. The van der Waals surface area contributed by atoms with Gasteiger partial charge in [0.2, 0.25) is 0 Å². The van der Waals surface area contributed by atoms with E-state index in [1.807, 2.05) is 41.5 Å². The minimum atomic E-state index is -2.98. The van der Waals surface area contributed by atoms with Crippen LogP contribution in [0.4, 0.5) is 4.79 Å². The van der Waals surface area contributed by atoms with Gasteiger partial charge in [0.25, 0.3) is 0 Å². The molecule has 0 aromatic rings. The van der Waals surface area contributed by atoms with Crippen LogP contribution in [0.1, 0.15) is 48.0 Å². The molecule has 0 aromatic carbocycles. The second kappa shape index (κ2) is 11.0. The number of halogens is 1. The molecule has 2 unspecified atom stereocenters. The molecule has 1 heterocycles. The van der Waals surface area contributed by atoms with Crippen LogP contribution in [-0.4, -0.2) is 81.0 Å². The summed E-state index contributed by atoms with van der Waals surface area (Å²) in [4.78, 5) is 18.5. The molecule has 172 valence electrons. The van der Waals surface area contributed by atoms with E-state index < -0.39 is 27.3 Å². The molecule has 2 atom stereocenters. The van der Waals surface area contributed by atoms with Gasteiger partial charge in [0.15, 0.2) is 5.96 Å². The molecule has 1 fully saturated rings. The highest BCUT2D eigenvalue weighted by molar-refractivity contribution is 14.0. The van der Waals surface area contributed by atoms with Crippen molar-refractivity contribution in [3.05, 3.63) is 0 Å². The van der Waals surface area contributed by atoms with Gasteiger partial charge in [0.1, 0.15) is 21.2 Å². The molecule has 1 saturated heterocycles. The molecule has 0 bridgehead atoms. The maximum atomic E-state index is 12.7. The standard InChI is InChI=1S/C18H36N4O5S.HI/c1-13-14(12-21-15(19-7)20-10-9-11-28(8,24)25)22(18(5,6)26-13)16(23)27-17(2,3)4;/h13-14H,9-12H2,1-8H3,(H2,19,20,21);1H. The highest BCUT2D eigenvalue weighted by Gasteiger charge is 2.49. The van der Waals surface area contributed by atoms with Gasteiger partial charge < -0.3 is 20.1 Å². The smallest absolute Gasteiger partial charge is 0.412 e. The Morgan fingerprint density at radius 2 is 1.86 bits per heavy atom. The fourth-order valence-corrected chi connectivity index (χ4v) is 3.75. The van der Waals surface area contributed by atoms with E-state index in [1.165, 1.54) is 6.26 Å². The predicted molar refractivity (Wildman–Crippen MR) is 126 cm³/mol. The average Bonchev–Trinajstić information content (AvgIpc) is 2.72. The zero-order valence-corrected chi connectivity index (χ0v) is 21.9. The van der Waals surface area contributed by atoms with E-state index in [4.69, 9.17) is 9.47 Å². The van der Waals surface area contributed by atoms with Crippen molar-refractivity contribution in [1.29, 1.82) is 0 Å². The van der Waals surface area contributed by atoms with Gasteiger partial charge >= 0.3 is 6.09 Å². The molecule has 0 radical (unpaired) electrons. The van der Waals surface area contributed by atoms with Crippen molar-refractivity contribution in [2.24, 2.45) is 4.99 Å². The monoisotopic (exact) mass is 548 g/mol. The first-order chi connectivity index (χ1) is 12.7. The quantitative estimate of drug-likeness (QED) is 0.226. The van der Waals surface area contributed by atoms with Crippen molar-refractivity contribution in [3.63, 3.8) is 0 Å². The van der Waals surface area contributed by atoms with Gasteiger partial charge in [0, 0.05) is 26.4 Å². The van der Waals surface area contributed by atoms with E-state index in [1.54, 1.807) is 11.9 Å². The van der Waals surface area contributed by atoms with Gasteiger partial charge in [-0.25, -0.2) is 13.2 Å². The zero-order valence-electron chi connectivity index (χ0n) is 18.7. The van der Waals surface area contributed by atoms with E-state index in [9.17, 15) is 13.2 Å². The minimum Gasteiger partial charge on any atom is -0.444 e. The lowest BCUT2D eigenvalue weighted by Crippen LogP contribution is -2.54. The molecule has 11 heteroatoms. The molecule has 0 saturated carbocycles. The molecule has 0 spiro atoms. The van der Waals surface area contributed by atoms with Crippen LogP contribution in [0.2, 0.25) is 0 Å². The Kier molecular flexibility index (Phi) is 10.7. The van der Waals surface area contributed by atoms with E-state index >= 15 is 0 Å². The number of carbonyl (C=O) groups is 1. The summed E-state index contributed by atoms with van der Waals surface area (Å²) < 4.78 is 33.9. The number of hydrogen-bond donors (Lipinski definition) is 2. The lowest BCUT2D eigenvalue weighted by atomic mass is 10.1. The number of carbonyl (C=O) groups excluding carboxylic acids is 1. The molecule has 2 N–H and O–H groups in total. The number of nitrogens with zero attached hydrogens (tertiary/aromatic N) is 2. The molecule has 0 aliphatic carbocycles. The maximum Gasteiger partial charge on any atom is 0.412 e. The maximum absolute atomic E-state index is 12.7. The number of sulfone groups is 1. The van der Waals surface area contributed by atoms with Crippen LogP contribution in [0, 0.1) is 0 Å². The summed E-state index contributed by atoms with van der Waals surface area (Å²) in [5.74, 6) is 0.653. The first kappa shape index (κ1) is 28.2. The Bertz CT molecular complexity index is 676. The van der Waals surface area contributed by atoms with E-state index in [2.05, 4.69) is 15.6 Å². The van der Waals surface area contributed by atoms with Crippen molar-refractivity contribution in [3.8, 4) is 0 Å². The largest absolute Gasteiger partial charge is 0.444 e. The van der Waals surface area contributed by atoms with Crippen LogP contribution in [0.15, 0.2) is 4.99 Å². The molecular formula is C18H37IN4O5S. The number of nitrogens with one attached hydrogen (secondary N) is 2. The summed E-state index contributed by atoms with van der Waals surface area (Å²) in [6, 6.07) is -0.251. The lowest BCUT2D eigenvalue weighted by molar-refractivity contribution is -0.0755. The summed E-state index contributed by atoms with van der Waals surface area (Å²) in [6.45, 7) is 12.0. The minimum absolute atomic E-state index is 0. The SMILES string of the molecule is CN=C(NCCCS(C)(=O)=O)NCC1C(C)OC(C)(C)N1C(=O)OC(C)(C)C.I. The average molecular weight is 548 g/mol. The third-order valence-electron chi connectivity index (χ3n) is 4.20. The Morgan fingerprint density at radius 1 is 1.28 bits per heavy atom. The Labute approximate surface area is 192 Å². The van der Waals surface area contributed by atoms with Crippen LogP contribution in [0.5, 0.6) is 0 Å². The lowest BCUT2D eigenvalue weighted by Gasteiger charge is -2.35. The zero-order chi connectivity index (χ0) is 21.8. The Hall–Kier alpha value is -0.820. The van der Waals surface area contributed by atoms with Crippen LogP contribution in [0.25, 0.3) is 0 Å². The summed E-state index contributed by atoms with van der Waals surface area (Å²) in [5.41, 5.74) is -1.39. The summed E-state index contributed by atoms with van der Waals surface area (Å²) >= 11 is 0. The van der Waals surface area contributed by atoms with Crippen molar-refractivity contribution < 1.29 is 22.7 Å². The Balaban J connectivity index is 0.00000784. The molecule has 1 rings (SSSR count). The first-order valence-electron chi connectivity index (χ1n) is 9.48. The second-order valence-corrected chi connectivity index (χ2v) is 10.8. The van der Waals surface area contributed by atoms with Gasteiger partial charge in [0.05, 0.1) is 17.9 Å². The molecule has 1 aliphatic heterocycles. The topological polar surface area (TPSA) is 109 Å². The van der Waals surface area contributed by atoms with E-state index in [0.29, 0.717) is 25.5 Å². The van der Waals surface area contributed by atoms with Gasteiger partial charge in [-0.1, -0.05) is 0 Å². The number of amides is 1. The summed E-state index contributed by atoms with van der Waals surface area (Å²) in [7, 11) is -1.35. The molecule has 1 aliphatic rings. The number of rotatable bonds is 6. The highest BCUT2D eigenvalue weighted by Crippen LogP contribution is 2.33. The third-order valence-corrected chi connectivity index (χ3v) is 5.24. The van der Waals surface area contributed by atoms with Crippen molar-refractivity contribution >= 4 is 45.9 Å². The Morgan fingerprint density at radius 3 is 2.34 bits per heavy atom. The van der Waals surface area contributed by atoms with Gasteiger partial charge in [-0.2, -0.15) is 0 Å². The second-order valence-electron chi connectivity index (χ2n) is 8.55. The van der Waals surface area contributed by atoms with Crippen molar-refractivity contribution in [2.75, 3.05) is 32.1 Å². The van der Waals surface area contributed by atoms with Gasteiger partial charge in [-0.3, -0.25) is 9.89 Å². The number of ether oxygens (including phenoxy) is 2. The fourth-order valence-electron chi connectivity index (χ4n) is 3.09. The third kappa shape index (κ3) is 9.69. The van der Waals surface area contributed by atoms with Crippen molar-refractivity contribution in [1.82, 2.24) is 15.5 Å². The fraction of sp³-hybridized carbons (Fsp3) is 0.889. The first-order valence-corrected chi connectivity index (χ1v) is 11.5. The highest BCUT2D eigenvalue weighted by atomic mass is 127. The molecule has 0 aromatic heterocycles. The molecule has 9 nitrogen and oxygen atoms in total. The van der Waals surface area contributed by atoms with Crippen LogP contribution in [-0.2, 0) is 19.3 Å². The van der Waals surface area contributed by atoms with Gasteiger partial charge in [-0.05, 0) is 48.0 Å². The molecular weight excluding hydrogens is 511 g/mol. The predicted octanol–water partition coefficient (Wildman–Crippen LogP) is 1.96. The van der Waals surface area contributed by atoms with Gasteiger partial charge in [-0.15, -0.1) is 24.0 Å². The molecule has 1 amide bonds. The van der Waals surface area contributed by atoms with E-state index in [0.717, 1.165) is 0 Å². The number of guanidine groups is 1. The summed E-state index contributed by atoms with van der Waals surface area (Å²) in [5, 5.41) is 6.27. The van der Waals surface area contributed by atoms with Crippen molar-refractivity contribution in [2.45, 2.75) is 71.4 Å². The number of aliphatic imine (C=N–C) groups is 1.